The van der Waals surface area contributed by atoms with Crippen LogP contribution in [0.25, 0.3) is 0 Å². The van der Waals surface area contributed by atoms with Gasteiger partial charge in [-0.15, -0.1) is 0 Å². The Bertz CT molecular complexity index is 1380. The third kappa shape index (κ3) is 7.19. The highest BCUT2D eigenvalue weighted by atomic mass is 79.9. The first-order chi connectivity index (χ1) is 19.7. The number of hydrogen-bond donors (Lipinski definition) is 1. The number of allylic oxidation sites excluding steroid dienone is 1. The van der Waals surface area contributed by atoms with Gasteiger partial charge in [-0.1, -0.05) is 34.1 Å². The van der Waals surface area contributed by atoms with Crippen molar-refractivity contribution in [3.8, 4) is 0 Å². The average Bonchev–Trinajstić information content (AvgIpc) is 2.92. The van der Waals surface area contributed by atoms with Crippen LogP contribution in [-0.2, 0) is 39.5 Å². The standard InChI is InChI=1S/C29H30BrF3N2O7/c1-15(14-39-4)41-28(38)24-23(18-9-11-20(30)12-10-18)22(27(37)42-17(3)26(36)40-5)16(2)35(25(24)34)21-8-6-7-19(13-21)29(31,32)33/h6-13,15,17,23-24,34H,14H2,1-5H3/t15?,17-,23?,24?/m0/s1. The number of benzene rings is 2. The molecule has 1 heterocycles. The summed E-state index contributed by atoms with van der Waals surface area (Å²) in [7, 11) is 2.53. The van der Waals surface area contributed by atoms with E-state index in [1.165, 1.54) is 27.0 Å². The summed E-state index contributed by atoms with van der Waals surface area (Å²) in [5.41, 5.74) is -0.807. The van der Waals surface area contributed by atoms with Gasteiger partial charge in [0.05, 0.1) is 24.9 Å². The molecule has 226 valence electrons. The van der Waals surface area contributed by atoms with Gasteiger partial charge in [0.25, 0.3) is 0 Å². The molecule has 1 aliphatic heterocycles. The van der Waals surface area contributed by atoms with Gasteiger partial charge < -0.3 is 23.8 Å². The van der Waals surface area contributed by atoms with E-state index in [-0.39, 0.29) is 23.6 Å². The molecule has 3 unspecified atom stereocenters. The minimum absolute atomic E-state index is 0.0308. The summed E-state index contributed by atoms with van der Waals surface area (Å²) in [6.07, 6.45) is -6.79. The number of esters is 3. The first-order valence-electron chi connectivity index (χ1n) is 12.7. The Morgan fingerprint density at radius 2 is 1.69 bits per heavy atom. The van der Waals surface area contributed by atoms with Crippen molar-refractivity contribution in [3.63, 3.8) is 0 Å². The van der Waals surface area contributed by atoms with Crippen LogP contribution in [-0.4, -0.2) is 56.8 Å². The Morgan fingerprint density at radius 3 is 2.26 bits per heavy atom. The lowest BCUT2D eigenvalue weighted by atomic mass is 9.75. The maximum absolute atomic E-state index is 13.7. The normalized spacial score (nSPS) is 18.8. The highest BCUT2D eigenvalue weighted by molar-refractivity contribution is 9.10. The number of anilines is 1. The minimum atomic E-state index is -4.70. The predicted molar refractivity (Wildman–Crippen MR) is 150 cm³/mol. The highest BCUT2D eigenvalue weighted by Crippen LogP contribution is 2.44. The summed E-state index contributed by atoms with van der Waals surface area (Å²) in [6.45, 7) is 4.32. The second-order valence-electron chi connectivity index (χ2n) is 9.55. The van der Waals surface area contributed by atoms with Gasteiger partial charge >= 0.3 is 24.1 Å². The molecule has 0 bridgehead atoms. The summed E-state index contributed by atoms with van der Waals surface area (Å²) in [4.78, 5) is 40.6. The van der Waals surface area contributed by atoms with Crippen LogP contribution < -0.4 is 4.90 Å². The summed E-state index contributed by atoms with van der Waals surface area (Å²) >= 11 is 3.35. The highest BCUT2D eigenvalue weighted by Gasteiger charge is 2.48. The van der Waals surface area contributed by atoms with Crippen LogP contribution in [0.15, 0.2) is 64.3 Å². The van der Waals surface area contributed by atoms with E-state index in [0.29, 0.717) is 10.0 Å². The van der Waals surface area contributed by atoms with Crippen LogP contribution in [0.3, 0.4) is 0 Å². The van der Waals surface area contributed by atoms with Gasteiger partial charge in [0.2, 0.25) is 0 Å². The molecule has 4 atom stereocenters. The van der Waals surface area contributed by atoms with Crippen LogP contribution in [0.4, 0.5) is 18.9 Å². The van der Waals surface area contributed by atoms with E-state index in [0.717, 1.165) is 30.2 Å². The molecule has 13 heteroatoms. The van der Waals surface area contributed by atoms with Crippen molar-refractivity contribution < 1.29 is 46.5 Å². The number of methoxy groups -OCH3 is 2. The lowest BCUT2D eigenvalue weighted by molar-refractivity contribution is -0.162. The fourth-order valence-electron chi connectivity index (χ4n) is 4.67. The molecule has 0 radical (unpaired) electrons. The molecule has 0 saturated heterocycles. The van der Waals surface area contributed by atoms with Gasteiger partial charge in [-0.3, -0.25) is 10.2 Å². The Balaban J connectivity index is 2.30. The number of nitrogens with zero attached hydrogens (tertiary/aromatic N) is 1. The number of rotatable bonds is 9. The molecule has 2 aromatic carbocycles. The maximum atomic E-state index is 13.7. The van der Waals surface area contributed by atoms with Gasteiger partial charge in [0.15, 0.2) is 6.10 Å². The quantitative estimate of drug-likeness (QED) is 0.274. The van der Waals surface area contributed by atoms with Crippen LogP contribution in [0, 0.1) is 11.3 Å². The van der Waals surface area contributed by atoms with Crippen molar-refractivity contribution >= 4 is 45.4 Å². The molecule has 1 N–H and O–H groups in total. The Hall–Kier alpha value is -3.71. The number of nitrogens with one attached hydrogen (secondary N) is 1. The zero-order valence-electron chi connectivity index (χ0n) is 23.5. The summed E-state index contributed by atoms with van der Waals surface area (Å²) in [6, 6.07) is 10.8. The first kappa shape index (κ1) is 32.8. The zero-order chi connectivity index (χ0) is 31.4. The molecule has 42 heavy (non-hydrogen) atoms. The van der Waals surface area contributed by atoms with Crippen molar-refractivity contribution in [1.29, 1.82) is 5.41 Å². The van der Waals surface area contributed by atoms with Crippen LogP contribution in [0.1, 0.15) is 37.8 Å². The molecule has 9 nitrogen and oxygen atoms in total. The van der Waals surface area contributed by atoms with Crippen molar-refractivity contribution in [2.24, 2.45) is 5.92 Å². The number of carbonyl (C=O) groups excluding carboxylic acids is 3. The van der Waals surface area contributed by atoms with E-state index in [1.54, 1.807) is 31.2 Å². The molecule has 0 amide bonds. The van der Waals surface area contributed by atoms with Gasteiger partial charge in [0.1, 0.15) is 17.9 Å². The van der Waals surface area contributed by atoms with Gasteiger partial charge in [-0.05, 0) is 56.7 Å². The Kier molecular flexibility index (Phi) is 10.6. The molecular formula is C29H30BrF3N2O7. The van der Waals surface area contributed by atoms with E-state index in [9.17, 15) is 27.6 Å². The fourth-order valence-corrected chi connectivity index (χ4v) is 4.94. The van der Waals surface area contributed by atoms with Crippen molar-refractivity contribution in [3.05, 3.63) is 75.4 Å². The summed E-state index contributed by atoms with van der Waals surface area (Å²) in [5, 5.41) is 9.11. The second-order valence-corrected chi connectivity index (χ2v) is 10.5. The van der Waals surface area contributed by atoms with Gasteiger partial charge in [-0.2, -0.15) is 13.2 Å². The van der Waals surface area contributed by atoms with Crippen LogP contribution in [0.5, 0.6) is 0 Å². The lowest BCUT2D eigenvalue weighted by Crippen LogP contribution is -2.49. The number of alkyl halides is 3. The number of hydrogen-bond acceptors (Lipinski definition) is 8. The predicted octanol–water partition coefficient (Wildman–Crippen LogP) is 5.62. The molecule has 0 fully saturated rings. The average molecular weight is 655 g/mol. The van der Waals surface area contributed by atoms with Crippen LogP contribution in [0.2, 0.25) is 0 Å². The van der Waals surface area contributed by atoms with Crippen molar-refractivity contribution in [2.75, 3.05) is 25.7 Å². The zero-order valence-corrected chi connectivity index (χ0v) is 25.0. The largest absolute Gasteiger partial charge is 0.466 e. The molecular weight excluding hydrogens is 625 g/mol. The van der Waals surface area contributed by atoms with Gasteiger partial charge in [0, 0.05) is 28.9 Å². The second kappa shape index (κ2) is 13.5. The van der Waals surface area contributed by atoms with Gasteiger partial charge in [-0.25, -0.2) is 9.59 Å². The van der Waals surface area contributed by atoms with E-state index in [2.05, 4.69) is 20.7 Å². The summed E-state index contributed by atoms with van der Waals surface area (Å²) in [5.74, 6) is -5.86. The monoisotopic (exact) mass is 654 g/mol. The van der Waals surface area contributed by atoms with E-state index in [4.69, 9.17) is 19.6 Å². The SMILES string of the molecule is COCC(C)OC(=O)C1C(=N)N(c2cccc(C(F)(F)F)c2)C(C)=C(C(=O)O[C@@H](C)C(=O)OC)C1c1ccc(Br)cc1. The van der Waals surface area contributed by atoms with Crippen LogP contribution >= 0.6 is 15.9 Å². The Morgan fingerprint density at radius 1 is 1.05 bits per heavy atom. The molecule has 2 aromatic rings. The van der Waals surface area contributed by atoms with E-state index < -0.39 is 59.5 Å². The topological polar surface area (TPSA) is 115 Å². The fraction of sp³-hybridized carbons (Fsp3) is 0.379. The molecule has 0 aromatic heterocycles. The number of halogens is 4. The number of carbonyl (C=O) groups is 3. The maximum Gasteiger partial charge on any atom is 0.416 e. The van der Waals surface area contributed by atoms with Crippen molar-refractivity contribution in [1.82, 2.24) is 0 Å². The smallest absolute Gasteiger partial charge is 0.416 e. The minimum Gasteiger partial charge on any atom is -0.466 e. The van der Waals surface area contributed by atoms with Crippen molar-refractivity contribution in [2.45, 2.75) is 45.1 Å². The Labute approximate surface area is 249 Å². The third-order valence-electron chi connectivity index (χ3n) is 6.58. The lowest BCUT2D eigenvalue weighted by Gasteiger charge is -2.41. The number of amidine groups is 1. The molecule has 0 aliphatic carbocycles. The third-order valence-corrected chi connectivity index (χ3v) is 7.10. The molecule has 0 spiro atoms. The van der Waals surface area contributed by atoms with E-state index >= 15 is 0 Å². The van der Waals surface area contributed by atoms with E-state index in [1.807, 2.05) is 0 Å². The molecule has 3 rings (SSSR count). The molecule has 0 saturated carbocycles. The summed E-state index contributed by atoms with van der Waals surface area (Å²) < 4.78 is 62.3. The number of ether oxygens (including phenoxy) is 4. The molecule has 1 aliphatic rings. The first-order valence-corrected chi connectivity index (χ1v) is 13.5.